The minimum atomic E-state index is -2.77. The molecule has 0 aromatic heterocycles. The van der Waals surface area contributed by atoms with Crippen molar-refractivity contribution in [2.24, 2.45) is 0 Å². The molecule has 1 atom stereocenters. The summed E-state index contributed by atoms with van der Waals surface area (Å²) in [5.41, 5.74) is 0.940. The number of thiocarbonyl (C=S) groups is 1. The van der Waals surface area contributed by atoms with E-state index in [0.29, 0.717) is 24.1 Å². The lowest BCUT2D eigenvalue weighted by Gasteiger charge is -2.26. The first-order valence-corrected chi connectivity index (χ1v) is 9.27. The second-order valence-electron chi connectivity index (χ2n) is 6.87. The number of anilines is 1. The quantitative estimate of drug-likeness (QED) is 0.740. The van der Waals surface area contributed by atoms with Crippen LogP contribution < -0.4 is 10.2 Å². The van der Waals surface area contributed by atoms with Crippen LogP contribution in [0, 0.1) is 5.82 Å². The van der Waals surface area contributed by atoms with Gasteiger partial charge in [0.15, 0.2) is 0 Å². The topological polar surface area (TPSA) is 61.8 Å². The third kappa shape index (κ3) is 4.70. The molecule has 2 fully saturated rings. The molecular formula is C18H21F3N2O3S. The summed E-state index contributed by atoms with van der Waals surface area (Å²) in [7, 11) is 0. The molecule has 1 aliphatic carbocycles. The lowest BCUT2D eigenvalue weighted by Crippen LogP contribution is -2.36. The van der Waals surface area contributed by atoms with Gasteiger partial charge in [0.25, 0.3) is 6.43 Å². The Morgan fingerprint density at radius 1 is 1.33 bits per heavy atom. The van der Waals surface area contributed by atoms with Gasteiger partial charge in [-0.15, -0.1) is 0 Å². The summed E-state index contributed by atoms with van der Waals surface area (Å²) < 4.78 is 44.5. The summed E-state index contributed by atoms with van der Waals surface area (Å²) in [6.07, 6.45) is -1.64. The molecule has 3 rings (SSSR count). The number of ether oxygens (including phenoxy) is 1. The van der Waals surface area contributed by atoms with Gasteiger partial charge >= 0.3 is 6.09 Å². The van der Waals surface area contributed by atoms with Crippen LogP contribution in [-0.4, -0.2) is 47.9 Å². The first-order valence-electron chi connectivity index (χ1n) is 8.86. The molecule has 2 N–H and O–H groups in total. The van der Waals surface area contributed by atoms with Crippen molar-refractivity contribution in [2.75, 3.05) is 18.0 Å². The second kappa shape index (κ2) is 8.43. The van der Waals surface area contributed by atoms with Gasteiger partial charge in [0.2, 0.25) is 0 Å². The minimum absolute atomic E-state index is 0.0314. The van der Waals surface area contributed by atoms with Crippen LogP contribution in [0.25, 0.3) is 0 Å². The third-order valence-electron chi connectivity index (χ3n) is 5.01. The number of carbonyl (C=O) groups is 1. The summed E-state index contributed by atoms with van der Waals surface area (Å²) in [5, 5.41) is 12.0. The number of hydrogen-bond donors (Lipinski definition) is 2. The van der Waals surface area contributed by atoms with Gasteiger partial charge in [-0.25, -0.2) is 18.0 Å². The molecule has 1 aromatic rings. The molecule has 5 nitrogen and oxygen atoms in total. The molecule has 0 unspecified atom stereocenters. The van der Waals surface area contributed by atoms with Crippen molar-refractivity contribution in [1.82, 2.24) is 5.32 Å². The molecule has 148 valence electrons. The van der Waals surface area contributed by atoms with E-state index in [2.05, 4.69) is 17.5 Å². The molecule has 1 aromatic carbocycles. The average Bonchev–Trinajstić information content (AvgIpc) is 3.01. The molecule has 9 heteroatoms. The Hall–Kier alpha value is -1.87. The zero-order valence-corrected chi connectivity index (χ0v) is 15.4. The van der Waals surface area contributed by atoms with Crippen molar-refractivity contribution in [2.45, 2.75) is 50.2 Å². The normalized spacial score (nSPS) is 25.6. The number of rotatable bonds is 5. The van der Waals surface area contributed by atoms with Crippen LogP contribution in [0.3, 0.4) is 0 Å². The predicted octanol–water partition coefficient (Wildman–Crippen LogP) is 3.35. The number of hydrogen-bond acceptors (Lipinski definition) is 4. The largest absolute Gasteiger partial charge is 0.442 e. The van der Waals surface area contributed by atoms with Crippen LogP contribution in [-0.2, 0) is 4.74 Å². The van der Waals surface area contributed by atoms with Crippen LogP contribution in [0.4, 0.5) is 23.7 Å². The van der Waals surface area contributed by atoms with Crippen LogP contribution in [0.1, 0.15) is 37.2 Å². The number of cyclic esters (lactones) is 1. The smallest absolute Gasteiger partial charge is 0.414 e. The molecule has 1 amide bonds. The van der Waals surface area contributed by atoms with E-state index in [-0.39, 0.29) is 25.1 Å². The lowest BCUT2D eigenvalue weighted by atomic mass is 9.82. The van der Waals surface area contributed by atoms with E-state index in [1.807, 2.05) is 0 Å². The van der Waals surface area contributed by atoms with Crippen molar-refractivity contribution >= 4 is 29.0 Å². The number of amides is 1. The van der Waals surface area contributed by atoms with E-state index in [1.165, 1.54) is 11.0 Å². The number of nitrogens with zero attached hydrogens (tertiary/aromatic N) is 1. The number of aliphatic hydroxyl groups excluding tert-OH is 1. The maximum absolute atomic E-state index is 14.6. The van der Waals surface area contributed by atoms with Gasteiger partial charge in [-0.2, -0.15) is 0 Å². The lowest BCUT2D eigenvalue weighted by molar-refractivity contribution is 0.122. The van der Waals surface area contributed by atoms with Crippen molar-refractivity contribution < 1.29 is 27.8 Å². The van der Waals surface area contributed by atoms with Gasteiger partial charge in [0.05, 0.1) is 24.9 Å². The molecule has 1 saturated heterocycles. The predicted molar refractivity (Wildman–Crippen MR) is 97.8 cm³/mol. The Kier molecular flexibility index (Phi) is 6.21. The Bertz CT molecular complexity index is 711. The van der Waals surface area contributed by atoms with Gasteiger partial charge in [-0.1, -0.05) is 18.3 Å². The fourth-order valence-corrected chi connectivity index (χ4v) is 3.62. The molecule has 0 spiro atoms. The summed E-state index contributed by atoms with van der Waals surface area (Å²) >= 11 is 4.49. The maximum atomic E-state index is 14.6. The standard InChI is InChI=1S/C18H21F3N2O3S/c19-15-7-11(3-6-14(15)10-1-4-12(24)5-2-10)23-9-13(26-18(23)25)8-22-17(27)16(20)21/h3,6-7,10,12-13,16,24H,1-2,4-5,8-9H2,(H,22,27)/t10?,12?,13-/m0/s1. The van der Waals surface area contributed by atoms with E-state index < -0.39 is 29.4 Å². The minimum Gasteiger partial charge on any atom is -0.442 e. The summed E-state index contributed by atoms with van der Waals surface area (Å²) in [6.45, 7) is 0.0858. The number of benzene rings is 1. The summed E-state index contributed by atoms with van der Waals surface area (Å²) in [5.74, 6) is -0.345. The van der Waals surface area contributed by atoms with Gasteiger partial charge in [0, 0.05) is 0 Å². The van der Waals surface area contributed by atoms with Crippen molar-refractivity contribution in [3.63, 3.8) is 0 Å². The van der Waals surface area contributed by atoms with E-state index >= 15 is 0 Å². The van der Waals surface area contributed by atoms with Crippen LogP contribution in [0.2, 0.25) is 0 Å². The fraction of sp³-hybridized carbons (Fsp3) is 0.556. The first kappa shape index (κ1) is 19.9. The molecule has 0 bridgehead atoms. The second-order valence-corrected chi connectivity index (χ2v) is 7.31. The highest BCUT2D eigenvalue weighted by molar-refractivity contribution is 7.80. The van der Waals surface area contributed by atoms with Crippen molar-refractivity contribution in [1.29, 1.82) is 0 Å². The molecule has 1 aliphatic heterocycles. The molecule has 0 radical (unpaired) electrons. The van der Waals surface area contributed by atoms with Crippen LogP contribution in [0.5, 0.6) is 0 Å². The van der Waals surface area contributed by atoms with Gasteiger partial charge in [0.1, 0.15) is 16.9 Å². The molecular weight excluding hydrogens is 381 g/mol. The Balaban J connectivity index is 1.63. The monoisotopic (exact) mass is 402 g/mol. The third-order valence-corrected chi connectivity index (χ3v) is 5.33. The highest BCUT2D eigenvalue weighted by Gasteiger charge is 2.33. The number of halogens is 3. The first-order chi connectivity index (χ1) is 12.8. The highest BCUT2D eigenvalue weighted by atomic mass is 32.1. The number of alkyl halides is 2. The average molecular weight is 402 g/mol. The fourth-order valence-electron chi connectivity index (χ4n) is 3.53. The maximum Gasteiger partial charge on any atom is 0.414 e. The van der Waals surface area contributed by atoms with E-state index in [1.54, 1.807) is 12.1 Å². The molecule has 2 aliphatic rings. The van der Waals surface area contributed by atoms with Crippen LogP contribution in [0.15, 0.2) is 18.2 Å². The Morgan fingerprint density at radius 3 is 2.67 bits per heavy atom. The number of aliphatic hydroxyl groups is 1. The Morgan fingerprint density at radius 2 is 2.04 bits per heavy atom. The number of nitrogens with one attached hydrogen (secondary N) is 1. The van der Waals surface area contributed by atoms with Crippen molar-refractivity contribution in [3.05, 3.63) is 29.6 Å². The van der Waals surface area contributed by atoms with Crippen LogP contribution >= 0.6 is 12.2 Å². The molecule has 27 heavy (non-hydrogen) atoms. The Labute approximate surface area is 160 Å². The SMILES string of the molecule is O=C1O[C@@H](CNC(=S)C(F)F)CN1c1ccc(C2CCC(O)CC2)c(F)c1. The zero-order valence-electron chi connectivity index (χ0n) is 14.5. The van der Waals surface area contributed by atoms with Gasteiger partial charge < -0.3 is 15.2 Å². The number of carbonyl (C=O) groups excluding carboxylic acids is 1. The van der Waals surface area contributed by atoms with E-state index in [9.17, 15) is 23.1 Å². The van der Waals surface area contributed by atoms with Gasteiger partial charge in [-0.05, 0) is 49.3 Å². The van der Waals surface area contributed by atoms with E-state index in [0.717, 1.165) is 12.8 Å². The molecule has 1 heterocycles. The highest BCUT2D eigenvalue weighted by Crippen LogP contribution is 2.35. The van der Waals surface area contributed by atoms with Gasteiger partial charge in [-0.3, -0.25) is 4.90 Å². The van der Waals surface area contributed by atoms with Crippen molar-refractivity contribution in [3.8, 4) is 0 Å². The van der Waals surface area contributed by atoms with E-state index in [4.69, 9.17) is 4.74 Å². The zero-order chi connectivity index (χ0) is 19.6. The molecule has 1 saturated carbocycles. The summed E-state index contributed by atoms with van der Waals surface area (Å²) in [6, 6.07) is 4.61. The summed E-state index contributed by atoms with van der Waals surface area (Å²) in [4.78, 5) is 12.7.